The maximum Gasteiger partial charge on any atom is 0.411 e. The molecule has 1 aliphatic rings. The largest absolute Gasteiger partial charge is 0.444 e. The van der Waals surface area contributed by atoms with E-state index < -0.39 is 29.6 Å². The number of amides is 3. The smallest absolute Gasteiger partial charge is 0.411 e. The molecule has 9 heteroatoms. The molecule has 0 bridgehead atoms. The van der Waals surface area contributed by atoms with E-state index in [2.05, 4.69) is 10.6 Å². The third-order valence-corrected chi connectivity index (χ3v) is 4.92. The Balaban J connectivity index is 2.06. The number of hydrogen-bond donors (Lipinski definition) is 2. The first-order valence-electron chi connectivity index (χ1n) is 10.7. The highest BCUT2D eigenvalue weighted by Gasteiger charge is 2.38. The predicted octanol–water partition coefficient (Wildman–Crippen LogP) is 4.45. The summed E-state index contributed by atoms with van der Waals surface area (Å²) >= 11 is 5.90. The molecule has 1 fully saturated rings. The second kappa shape index (κ2) is 10.4. The summed E-state index contributed by atoms with van der Waals surface area (Å²) in [6.45, 7) is 11.2. The molecule has 0 radical (unpaired) electrons. The van der Waals surface area contributed by atoms with Crippen molar-refractivity contribution in [3.63, 3.8) is 0 Å². The van der Waals surface area contributed by atoms with E-state index in [0.717, 1.165) is 5.56 Å². The lowest BCUT2D eigenvalue weighted by Crippen LogP contribution is -2.57. The van der Waals surface area contributed by atoms with Crippen LogP contribution < -0.4 is 10.6 Å². The number of rotatable bonds is 4. The van der Waals surface area contributed by atoms with Crippen LogP contribution >= 0.6 is 11.6 Å². The minimum absolute atomic E-state index is 0.139. The van der Waals surface area contributed by atoms with Gasteiger partial charge in [0.05, 0.1) is 0 Å². The molecule has 1 saturated heterocycles. The van der Waals surface area contributed by atoms with E-state index in [1.54, 1.807) is 53.7 Å². The van der Waals surface area contributed by atoms with Crippen LogP contribution in [-0.2, 0) is 20.8 Å². The van der Waals surface area contributed by atoms with Crippen LogP contribution in [0.5, 0.6) is 0 Å². The highest BCUT2D eigenvalue weighted by molar-refractivity contribution is 6.30. The van der Waals surface area contributed by atoms with Crippen LogP contribution in [0.3, 0.4) is 0 Å². The quantitative estimate of drug-likeness (QED) is 0.681. The van der Waals surface area contributed by atoms with Crippen LogP contribution in [0, 0.1) is 5.92 Å². The Kier molecular flexibility index (Phi) is 8.40. The van der Waals surface area contributed by atoms with Crippen molar-refractivity contribution in [2.45, 2.75) is 78.3 Å². The van der Waals surface area contributed by atoms with Crippen LogP contribution in [0.4, 0.5) is 9.59 Å². The first kappa shape index (κ1) is 25.8. The SMILES string of the molecule is CC(C)(C)OC(=O)NC1CC(C(=O)NCc2ccc(Cl)cc2)CCN1C(=O)OC(C)(C)C. The monoisotopic (exact) mass is 467 g/mol. The van der Waals surface area contributed by atoms with Crippen molar-refractivity contribution in [3.05, 3.63) is 34.9 Å². The van der Waals surface area contributed by atoms with E-state index in [4.69, 9.17) is 21.1 Å². The number of nitrogens with one attached hydrogen (secondary N) is 2. The second-order valence-electron chi connectivity index (χ2n) is 9.90. The Hall–Kier alpha value is -2.48. The molecule has 1 aromatic rings. The Morgan fingerprint density at radius 2 is 1.62 bits per heavy atom. The number of benzene rings is 1. The molecular weight excluding hydrogens is 434 g/mol. The first-order chi connectivity index (χ1) is 14.7. The zero-order valence-corrected chi connectivity index (χ0v) is 20.4. The highest BCUT2D eigenvalue weighted by Crippen LogP contribution is 2.25. The second-order valence-corrected chi connectivity index (χ2v) is 10.3. The Bertz CT molecular complexity index is 814. The van der Waals surface area contributed by atoms with Crippen molar-refractivity contribution in [3.8, 4) is 0 Å². The van der Waals surface area contributed by atoms with Gasteiger partial charge in [0.15, 0.2) is 0 Å². The van der Waals surface area contributed by atoms with E-state index in [0.29, 0.717) is 18.0 Å². The molecule has 2 unspecified atom stereocenters. The molecule has 8 nitrogen and oxygen atoms in total. The first-order valence-corrected chi connectivity index (χ1v) is 11.1. The maximum absolute atomic E-state index is 12.8. The maximum atomic E-state index is 12.8. The Morgan fingerprint density at radius 3 is 2.19 bits per heavy atom. The van der Waals surface area contributed by atoms with Gasteiger partial charge in [-0.3, -0.25) is 9.69 Å². The van der Waals surface area contributed by atoms with Gasteiger partial charge < -0.3 is 20.1 Å². The van der Waals surface area contributed by atoms with Crippen molar-refractivity contribution < 1.29 is 23.9 Å². The van der Waals surface area contributed by atoms with E-state index in [9.17, 15) is 14.4 Å². The lowest BCUT2D eigenvalue weighted by Gasteiger charge is -2.39. The van der Waals surface area contributed by atoms with E-state index in [1.807, 2.05) is 12.1 Å². The fraction of sp³-hybridized carbons (Fsp3) is 0.609. The molecule has 0 spiro atoms. The third-order valence-electron chi connectivity index (χ3n) is 4.66. The minimum Gasteiger partial charge on any atom is -0.444 e. The number of halogens is 1. The van der Waals surface area contributed by atoms with Crippen molar-refractivity contribution in [2.24, 2.45) is 5.92 Å². The summed E-state index contributed by atoms with van der Waals surface area (Å²) in [5, 5.41) is 6.28. The zero-order valence-electron chi connectivity index (χ0n) is 19.7. The molecule has 1 aromatic carbocycles. The molecule has 1 heterocycles. The molecule has 2 rings (SSSR count). The fourth-order valence-corrected chi connectivity index (χ4v) is 3.38. The number of alkyl carbamates (subject to hydrolysis) is 1. The standard InChI is InChI=1S/C23H34ClN3O5/c1-22(2,3)31-20(29)26-18-13-16(11-12-27(18)21(30)32-23(4,5)6)19(28)25-14-15-7-9-17(24)10-8-15/h7-10,16,18H,11-14H2,1-6H3,(H,25,28)(H,26,29). The van der Waals surface area contributed by atoms with Crippen LogP contribution in [0.25, 0.3) is 0 Å². The van der Waals surface area contributed by atoms with Gasteiger partial charge in [-0.05, 0) is 72.1 Å². The molecule has 0 aliphatic carbocycles. The summed E-state index contributed by atoms with van der Waals surface area (Å²) in [6, 6.07) is 7.23. The van der Waals surface area contributed by atoms with E-state index in [1.165, 1.54) is 4.90 Å². The Morgan fingerprint density at radius 1 is 1.03 bits per heavy atom. The summed E-state index contributed by atoms with van der Waals surface area (Å²) in [7, 11) is 0. The van der Waals surface area contributed by atoms with Gasteiger partial charge in [0, 0.05) is 24.0 Å². The van der Waals surface area contributed by atoms with Gasteiger partial charge in [-0.1, -0.05) is 23.7 Å². The third kappa shape index (κ3) is 8.57. The molecule has 2 atom stereocenters. The summed E-state index contributed by atoms with van der Waals surface area (Å²) in [5.41, 5.74) is -0.442. The van der Waals surface area contributed by atoms with E-state index >= 15 is 0 Å². The molecule has 0 saturated carbocycles. The van der Waals surface area contributed by atoms with Crippen LogP contribution in [-0.4, -0.2) is 46.9 Å². The average molecular weight is 468 g/mol. The van der Waals surface area contributed by atoms with Gasteiger partial charge >= 0.3 is 12.2 Å². The van der Waals surface area contributed by atoms with Crippen LogP contribution in [0.1, 0.15) is 59.9 Å². The van der Waals surface area contributed by atoms with Gasteiger partial charge in [0.1, 0.15) is 17.4 Å². The molecule has 0 aromatic heterocycles. The van der Waals surface area contributed by atoms with Gasteiger partial charge in [-0.15, -0.1) is 0 Å². The van der Waals surface area contributed by atoms with E-state index in [-0.39, 0.29) is 24.8 Å². The molecule has 178 valence electrons. The number of likely N-dealkylation sites (tertiary alicyclic amines) is 1. The number of piperidine rings is 1. The number of hydrogen-bond acceptors (Lipinski definition) is 5. The van der Waals surface area contributed by atoms with Gasteiger partial charge in [-0.25, -0.2) is 9.59 Å². The topological polar surface area (TPSA) is 97.0 Å². The van der Waals surface area contributed by atoms with Gasteiger partial charge in [0.2, 0.25) is 5.91 Å². The normalized spacial score (nSPS) is 19.2. The lowest BCUT2D eigenvalue weighted by atomic mass is 9.93. The molecule has 2 N–H and O–H groups in total. The van der Waals surface area contributed by atoms with Crippen molar-refractivity contribution in [1.29, 1.82) is 0 Å². The molecule has 3 amide bonds. The average Bonchev–Trinajstić information content (AvgIpc) is 2.64. The summed E-state index contributed by atoms with van der Waals surface area (Å²) in [5.74, 6) is -0.513. The van der Waals surface area contributed by atoms with Gasteiger partial charge in [0.25, 0.3) is 0 Å². The number of ether oxygens (including phenoxy) is 2. The number of nitrogens with zero attached hydrogens (tertiary/aromatic N) is 1. The summed E-state index contributed by atoms with van der Waals surface area (Å²) in [6.07, 6.45) is -1.21. The Labute approximate surface area is 195 Å². The molecule has 32 heavy (non-hydrogen) atoms. The summed E-state index contributed by atoms with van der Waals surface area (Å²) in [4.78, 5) is 39.3. The van der Waals surface area contributed by atoms with Crippen molar-refractivity contribution in [2.75, 3.05) is 6.54 Å². The van der Waals surface area contributed by atoms with Gasteiger partial charge in [-0.2, -0.15) is 0 Å². The number of carbonyl (C=O) groups is 3. The molecular formula is C23H34ClN3O5. The van der Waals surface area contributed by atoms with Crippen LogP contribution in [0.15, 0.2) is 24.3 Å². The predicted molar refractivity (Wildman–Crippen MR) is 122 cm³/mol. The fourth-order valence-electron chi connectivity index (χ4n) is 3.26. The number of carbonyl (C=O) groups excluding carboxylic acids is 3. The van der Waals surface area contributed by atoms with Crippen LogP contribution in [0.2, 0.25) is 5.02 Å². The minimum atomic E-state index is -0.722. The lowest BCUT2D eigenvalue weighted by molar-refractivity contribution is -0.127. The molecule has 1 aliphatic heterocycles. The van der Waals surface area contributed by atoms with Crippen molar-refractivity contribution >= 4 is 29.7 Å². The zero-order chi connectivity index (χ0) is 24.1. The highest BCUT2D eigenvalue weighted by atomic mass is 35.5. The summed E-state index contributed by atoms with van der Waals surface area (Å²) < 4.78 is 10.8. The van der Waals surface area contributed by atoms with Crippen molar-refractivity contribution in [1.82, 2.24) is 15.5 Å².